The third-order valence-electron chi connectivity index (χ3n) is 3.68. The van der Waals surface area contributed by atoms with Crippen LogP contribution in [-0.4, -0.2) is 28.1 Å². The van der Waals surface area contributed by atoms with Gasteiger partial charge in [-0.2, -0.15) is 0 Å². The number of nitrogens with one attached hydrogen (secondary N) is 2. The number of hydrogen-bond donors (Lipinski definition) is 2. The van der Waals surface area contributed by atoms with Gasteiger partial charge in [-0.3, -0.25) is 0 Å². The summed E-state index contributed by atoms with van der Waals surface area (Å²) in [5.41, 5.74) is 0.764. The van der Waals surface area contributed by atoms with Crippen LogP contribution in [-0.2, 0) is 10.0 Å². The van der Waals surface area contributed by atoms with Gasteiger partial charge >= 0.3 is 0 Å². The van der Waals surface area contributed by atoms with Crippen LogP contribution in [0.1, 0.15) is 24.8 Å². The molecule has 0 bridgehead atoms. The highest BCUT2D eigenvalue weighted by atomic mass is 79.9. The molecule has 1 aromatic carbocycles. The molecule has 0 aromatic heterocycles. The number of hydrogen-bond acceptors (Lipinski definition) is 3. The Labute approximate surface area is 129 Å². The van der Waals surface area contributed by atoms with Crippen molar-refractivity contribution in [1.29, 1.82) is 0 Å². The second-order valence-electron chi connectivity index (χ2n) is 5.31. The predicted octanol–water partition coefficient (Wildman–Crippen LogP) is 2.43. The molecule has 20 heavy (non-hydrogen) atoms. The van der Waals surface area contributed by atoms with E-state index in [9.17, 15) is 8.42 Å². The lowest BCUT2D eigenvalue weighted by atomic mass is 9.96. The fourth-order valence-electron chi connectivity index (χ4n) is 2.51. The van der Waals surface area contributed by atoms with Crippen LogP contribution < -0.4 is 10.0 Å². The lowest BCUT2D eigenvalue weighted by molar-refractivity contribution is 0.358. The Kier molecular flexibility index (Phi) is 5.60. The third-order valence-corrected chi connectivity index (χ3v) is 5.78. The van der Waals surface area contributed by atoms with Crippen LogP contribution in [0.25, 0.3) is 0 Å². The minimum atomic E-state index is -3.41. The lowest BCUT2D eigenvalue weighted by Gasteiger charge is -2.22. The fourth-order valence-corrected chi connectivity index (χ4v) is 4.34. The molecule has 1 aliphatic heterocycles. The first-order valence-corrected chi connectivity index (χ1v) is 9.23. The Morgan fingerprint density at radius 2 is 2.25 bits per heavy atom. The number of aryl methyl sites for hydroxylation is 1. The summed E-state index contributed by atoms with van der Waals surface area (Å²) in [5, 5.41) is 3.35. The Balaban J connectivity index is 1.95. The summed E-state index contributed by atoms with van der Waals surface area (Å²) < 4.78 is 28.1. The highest BCUT2D eigenvalue weighted by Gasteiger charge is 2.18. The normalized spacial score (nSPS) is 20.0. The number of rotatable bonds is 5. The van der Waals surface area contributed by atoms with Crippen LogP contribution in [0, 0.1) is 12.8 Å². The Morgan fingerprint density at radius 3 is 2.95 bits per heavy atom. The topological polar surface area (TPSA) is 58.2 Å². The Bertz CT molecular complexity index is 554. The van der Waals surface area contributed by atoms with Crippen molar-refractivity contribution >= 4 is 26.0 Å². The maximum absolute atomic E-state index is 12.3. The standard InChI is InChI=1S/C14H21BrN2O2S/c1-11-4-5-13(15)9-14(11)20(18,19)17-8-6-12-3-2-7-16-10-12/h4-5,9,12,16-17H,2-3,6-8,10H2,1H3. The molecule has 0 amide bonds. The molecule has 1 atom stereocenters. The number of benzene rings is 1. The summed E-state index contributed by atoms with van der Waals surface area (Å²) in [6, 6.07) is 5.31. The summed E-state index contributed by atoms with van der Waals surface area (Å²) in [5.74, 6) is 0.579. The highest BCUT2D eigenvalue weighted by Crippen LogP contribution is 2.20. The molecule has 1 unspecified atom stereocenters. The minimum Gasteiger partial charge on any atom is -0.316 e. The minimum absolute atomic E-state index is 0.355. The van der Waals surface area contributed by atoms with Crippen LogP contribution >= 0.6 is 15.9 Å². The van der Waals surface area contributed by atoms with E-state index in [4.69, 9.17) is 0 Å². The average molecular weight is 361 g/mol. The van der Waals surface area contributed by atoms with E-state index in [1.165, 1.54) is 12.8 Å². The smallest absolute Gasteiger partial charge is 0.240 e. The average Bonchev–Trinajstić information content (AvgIpc) is 2.42. The van der Waals surface area contributed by atoms with Gasteiger partial charge in [-0.05, 0) is 62.9 Å². The van der Waals surface area contributed by atoms with Crippen LogP contribution in [0.5, 0.6) is 0 Å². The molecule has 6 heteroatoms. The third kappa shape index (κ3) is 4.28. The van der Waals surface area contributed by atoms with Crippen molar-refractivity contribution in [1.82, 2.24) is 10.0 Å². The summed E-state index contributed by atoms with van der Waals surface area (Å²) in [4.78, 5) is 0.355. The van der Waals surface area contributed by atoms with Gasteiger partial charge in [-0.15, -0.1) is 0 Å². The highest BCUT2D eigenvalue weighted by molar-refractivity contribution is 9.10. The molecule has 1 fully saturated rings. The first-order chi connectivity index (χ1) is 9.49. The van der Waals surface area contributed by atoms with E-state index in [1.54, 1.807) is 6.07 Å². The lowest BCUT2D eigenvalue weighted by Crippen LogP contribution is -2.33. The Morgan fingerprint density at radius 1 is 1.45 bits per heavy atom. The zero-order valence-corrected chi connectivity index (χ0v) is 14.1. The summed E-state index contributed by atoms with van der Waals surface area (Å²) in [6.07, 6.45) is 3.26. The molecular formula is C14H21BrN2O2S. The van der Waals surface area contributed by atoms with E-state index < -0.39 is 10.0 Å². The first-order valence-electron chi connectivity index (χ1n) is 6.95. The van der Waals surface area contributed by atoms with Crippen molar-refractivity contribution in [2.45, 2.75) is 31.1 Å². The van der Waals surface area contributed by atoms with Gasteiger partial charge in [0.05, 0.1) is 4.90 Å². The second kappa shape index (κ2) is 7.02. The van der Waals surface area contributed by atoms with Gasteiger partial charge in [0, 0.05) is 11.0 Å². The number of piperidine rings is 1. The summed E-state index contributed by atoms with van der Waals surface area (Å²) in [6.45, 7) is 4.39. The molecular weight excluding hydrogens is 340 g/mol. The zero-order valence-electron chi connectivity index (χ0n) is 11.7. The van der Waals surface area contributed by atoms with Gasteiger partial charge in [-0.1, -0.05) is 22.0 Å². The SMILES string of the molecule is Cc1ccc(Br)cc1S(=O)(=O)NCCC1CCCNC1. The molecule has 4 nitrogen and oxygen atoms in total. The van der Waals surface area contributed by atoms with Crippen LogP contribution in [0.15, 0.2) is 27.6 Å². The van der Waals surface area contributed by atoms with Gasteiger partial charge in [0.15, 0.2) is 0 Å². The van der Waals surface area contributed by atoms with Crippen LogP contribution in [0.3, 0.4) is 0 Å². The van der Waals surface area contributed by atoms with Gasteiger partial charge in [0.1, 0.15) is 0 Å². The van der Waals surface area contributed by atoms with Gasteiger partial charge in [0.25, 0.3) is 0 Å². The van der Waals surface area contributed by atoms with Crippen molar-refractivity contribution < 1.29 is 8.42 Å². The van der Waals surface area contributed by atoms with E-state index in [2.05, 4.69) is 26.0 Å². The molecule has 112 valence electrons. The van der Waals surface area contributed by atoms with Crippen molar-refractivity contribution in [2.24, 2.45) is 5.92 Å². The van der Waals surface area contributed by atoms with E-state index in [-0.39, 0.29) is 0 Å². The molecule has 2 N–H and O–H groups in total. The van der Waals surface area contributed by atoms with Crippen molar-refractivity contribution in [3.8, 4) is 0 Å². The molecule has 1 heterocycles. The van der Waals surface area contributed by atoms with Gasteiger partial charge in [0.2, 0.25) is 10.0 Å². The molecule has 0 spiro atoms. The molecule has 0 radical (unpaired) electrons. The second-order valence-corrected chi connectivity index (χ2v) is 7.96. The maximum Gasteiger partial charge on any atom is 0.240 e. The predicted molar refractivity (Wildman–Crippen MR) is 84.3 cm³/mol. The van der Waals surface area contributed by atoms with Crippen LogP contribution in [0.4, 0.5) is 0 Å². The molecule has 0 aliphatic carbocycles. The number of halogens is 1. The van der Waals surface area contributed by atoms with Crippen molar-refractivity contribution in [2.75, 3.05) is 19.6 Å². The largest absolute Gasteiger partial charge is 0.316 e. The van der Waals surface area contributed by atoms with E-state index in [0.29, 0.717) is 17.4 Å². The van der Waals surface area contributed by atoms with E-state index in [0.717, 1.165) is 29.5 Å². The van der Waals surface area contributed by atoms with E-state index in [1.807, 2.05) is 19.1 Å². The summed E-state index contributed by atoms with van der Waals surface area (Å²) in [7, 11) is -3.41. The monoisotopic (exact) mass is 360 g/mol. The maximum atomic E-state index is 12.3. The Hall–Kier alpha value is -0.430. The number of sulfonamides is 1. The quantitative estimate of drug-likeness (QED) is 0.847. The van der Waals surface area contributed by atoms with Crippen LogP contribution in [0.2, 0.25) is 0 Å². The van der Waals surface area contributed by atoms with Crippen molar-refractivity contribution in [3.05, 3.63) is 28.2 Å². The molecule has 0 saturated carbocycles. The molecule has 1 saturated heterocycles. The molecule has 2 rings (SSSR count). The van der Waals surface area contributed by atoms with Crippen molar-refractivity contribution in [3.63, 3.8) is 0 Å². The molecule has 1 aromatic rings. The zero-order chi connectivity index (χ0) is 14.6. The fraction of sp³-hybridized carbons (Fsp3) is 0.571. The van der Waals surface area contributed by atoms with Gasteiger partial charge in [-0.25, -0.2) is 13.1 Å². The molecule has 1 aliphatic rings. The summed E-state index contributed by atoms with van der Waals surface area (Å²) >= 11 is 3.32. The van der Waals surface area contributed by atoms with Gasteiger partial charge < -0.3 is 5.32 Å². The first kappa shape index (κ1) is 15.9. The van der Waals surface area contributed by atoms with E-state index >= 15 is 0 Å².